The Hall–Kier alpha value is -2.05. The molecular formula is C18H18ClNO4S. The number of halogens is 1. The summed E-state index contributed by atoms with van der Waals surface area (Å²) in [4.78, 5) is 12.3. The fourth-order valence-electron chi connectivity index (χ4n) is 2.70. The summed E-state index contributed by atoms with van der Waals surface area (Å²) in [5.74, 6) is 0.395. The van der Waals surface area contributed by atoms with Crippen molar-refractivity contribution in [3.8, 4) is 5.75 Å². The number of rotatable bonds is 5. The minimum atomic E-state index is -3.02. The number of ether oxygens (including phenoxy) is 1. The molecule has 7 heteroatoms. The number of hydrogen-bond acceptors (Lipinski definition) is 4. The third kappa shape index (κ3) is 4.96. The predicted molar refractivity (Wildman–Crippen MR) is 96.8 cm³/mol. The Kier molecular flexibility index (Phi) is 5.30. The lowest BCUT2D eigenvalue weighted by molar-refractivity contribution is 0.0940. The molecule has 0 saturated carbocycles. The fourth-order valence-corrected chi connectivity index (χ4v) is 4.58. The Balaban J connectivity index is 1.62. The molecule has 1 heterocycles. The van der Waals surface area contributed by atoms with E-state index >= 15 is 0 Å². The van der Waals surface area contributed by atoms with Gasteiger partial charge in [0.25, 0.3) is 5.91 Å². The maximum Gasteiger partial charge on any atom is 0.251 e. The Morgan fingerprint density at radius 3 is 2.72 bits per heavy atom. The van der Waals surface area contributed by atoms with Gasteiger partial charge in [0, 0.05) is 16.6 Å². The van der Waals surface area contributed by atoms with E-state index in [4.69, 9.17) is 16.3 Å². The third-order valence-corrected chi connectivity index (χ3v) is 5.96. The molecule has 1 aliphatic heterocycles. The van der Waals surface area contributed by atoms with Crippen molar-refractivity contribution in [1.82, 2.24) is 5.32 Å². The van der Waals surface area contributed by atoms with Crippen LogP contribution in [0.3, 0.4) is 0 Å². The zero-order chi connectivity index (χ0) is 17.9. The maximum atomic E-state index is 12.3. The first-order valence-corrected chi connectivity index (χ1v) is 10.1. The molecule has 5 nitrogen and oxygen atoms in total. The summed E-state index contributed by atoms with van der Waals surface area (Å²) in [6.07, 6.45) is 0.457. The van der Waals surface area contributed by atoms with Gasteiger partial charge in [0.05, 0.1) is 11.5 Å². The van der Waals surface area contributed by atoms with Crippen molar-refractivity contribution in [1.29, 1.82) is 0 Å². The van der Waals surface area contributed by atoms with Gasteiger partial charge in [-0.2, -0.15) is 0 Å². The number of benzene rings is 2. The van der Waals surface area contributed by atoms with E-state index in [1.54, 1.807) is 30.3 Å². The Morgan fingerprint density at radius 2 is 2.00 bits per heavy atom. The van der Waals surface area contributed by atoms with Crippen LogP contribution in [0.25, 0.3) is 0 Å². The normalized spacial score (nSPS) is 18.7. The van der Waals surface area contributed by atoms with E-state index in [2.05, 4.69) is 5.32 Å². The average molecular weight is 380 g/mol. The topological polar surface area (TPSA) is 72.5 Å². The summed E-state index contributed by atoms with van der Waals surface area (Å²) in [6, 6.07) is 13.8. The molecule has 0 spiro atoms. The summed E-state index contributed by atoms with van der Waals surface area (Å²) in [5, 5.41) is 3.41. The molecule has 1 unspecified atom stereocenters. The second kappa shape index (κ2) is 7.45. The standard InChI is InChI=1S/C18H18ClNO4S/c19-15-5-1-3-13(9-15)11-24-17-6-2-4-14(10-17)18(21)20-16-7-8-25(22,23)12-16/h1-6,9-10,16H,7-8,11-12H2,(H,20,21). The first-order valence-electron chi connectivity index (χ1n) is 7.90. The molecule has 0 radical (unpaired) electrons. The molecule has 1 fully saturated rings. The molecule has 1 saturated heterocycles. The SMILES string of the molecule is O=C(NC1CCS(=O)(=O)C1)c1cccc(OCc2cccc(Cl)c2)c1. The van der Waals surface area contributed by atoms with Gasteiger partial charge in [-0.15, -0.1) is 0 Å². The molecule has 132 valence electrons. The fraction of sp³-hybridized carbons (Fsp3) is 0.278. The highest BCUT2D eigenvalue weighted by molar-refractivity contribution is 7.91. The van der Waals surface area contributed by atoms with Crippen LogP contribution in [0.5, 0.6) is 5.75 Å². The molecule has 1 atom stereocenters. The molecule has 0 aromatic heterocycles. The Morgan fingerprint density at radius 1 is 1.20 bits per heavy atom. The van der Waals surface area contributed by atoms with E-state index in [0.717, 1.165) is 5.56 Å². The van der Waals surface area contributed by atoms with Gasteiger partial charge in [-0.3, -0.25) is 4.79 Å². The van der Waals surface area contributed by atoms with E-state index in [9.17, 15) is 13.2 Å². The Bertz CT molecular complexity index is 882. The highest BCUT2D eigenvalue weighted by Gasteiger charge is 2.29. The van der Waals surface area contributed by atoms with Crippen LogP contribution in [0.15, 0.2) is 48.5 Å². The van der Waals surface area contributed by atoms with Crippen molar-refractivity contribution < 1.29 is 17.9 Å². The number of sulfone groups is 1. The molecule has 0 bridgehead atoms. The van der Waals surface area contributed by atoms with Gasteiger partial charge in [0.15, 0.2) is 9.84 Å². The van der Waals surface area contributed by atoms with Crippen LogP contribution < -0.4 is 10.1 Å². The van der Waals surface area contributed by atoms with Crippen molar-refractivity contribution in [2.45, 2.75) is 19.1 Å². The van der Waals surface area contributed by atoms with Gasteiger partial charge in [0.1, 0.15) is 12.4 Å². The summed E-state index contributed by atoms with van der Waals surface area (Å²) in [7, 11) is -3.02. The van der Waals surface area contributed by atoms with E-state index in [1.165, 1.54) is 0 Å². The monoisotopic (exact) mass is 379 g/mol. The average Bonchev–Trinajstić information content (AvgIpc) is 2.92. The molecule has 1 aliphatic rings. The molecular weight excluding hydrogens is 362 g/mol. The number of carbonyl (C=O) groups is 1. The van der Waals surface area contributed by atoms with Crippen molar-refractivity contribution in [3.05, 3.63) is 64.7 Å². The number of amides is 1. The van der Waals surface area contributed by atoms with Crippen LogP contribution in [0.1, 0.15) is 22.3 Å². The van der Waals surface area contributed by atoms with Crippen molar-refractivity contribution >= 4 is 27.3 Å². The van der Waals surface area contributed by atoms with Gasteiger partial charge < -0.3 is 10.1 Å². The van der Waals surface area contributed by atoms with Crippen LogP contribution in [-0.4, -0.2) is 31.9 Å². The highest BCUT2D eigenvalue weighted by atomic mass is 35.5. The quantitative estimate of drug-likeness (QED) is 0.867. The summed E-state index contributed by atoms with van der Waals surface area (Å²) < 4.78 is 28.7. The minimum Gasteiger partial charge on any atom is -0.489 e. The molecule has 2 aromatic carbocycles. The smallest absolute Gasteiger partial charge is 0.251 e. The first-order chi connectivity index (χ1) is 11.9. The molecule has 3 rings (SSSR count). The van der Waals surface area contributed by atoms with Crippen molar-refractivity contribution in [3.63, 3.8) is 0 Å². The Labute approximate surface area is 151 Å². The van der Waals surface area contributed by atoms with Crippen LogP contribution in [0, 0.1) is 0 Å². The molecule has 1 amide bonds. The zero-order valence-electron chi connectivity index (χ0n) is 13.4. The van der Waals surface area contributed by atoms with Gasteiger partial charge in [-0.1, -0.05) is 29.8 Å². The van der Waals surface area contributed by atoms with Gasteiger partial charge in [0.2, 0.25) is 0 Å². The van der Waals surface area contributed by atoms with Gasteiger partial charge in [-0.05, 0) is 42.3 Å². The second-order valence-electron chi connectivity index (χ2n) is 6.02. The highest BCUT2D eigenvalue weighted by Crippen LogP contribution is 2.18. The van der Waals surface area contributed by atoms with E-state index in [1.807, 2.05) is 18.2 Å². The first kappa shape index (κ1) is 17.8. The summed E-state index contributed by atoms with van der Waals surface area (Å²) in [6.45, 7) is 0.340. The van der Waals surface area contributed by atoms with Crippen LogP contribution in [0.4, 0.5) is 0 Å². The summed E-state index contributed by atoms with van der Waals surface area (Å²) >= 11 is 5.94. The van der Waals surface area contributed by atoms with Crippen LogP contribution in [0.2, 0.25) is 5.02 Å². The molecule has 1 N–H and O–H groups in total. The maximum absolute atomic E-state index is 12.3. The predicted octanol–water partition coefficient (Wildman–Crippen LogP) is 2.84. The van der Waals surface area contributed by atoms with Crippen LogP contribution in [-0.2, 0) is 16.4 Å². The molecule has 25 heavy (non-hydrogen) atoms. The van der Waals surface area contributed by atoms with Gasteiger partial charge >= 0.3 is 0 Å². The van der Waals surface area contributed by atoms with Crippen molar-refractivity contribution in [2.24, 2.45) is 0 Å². The zero-order valence-corrected chi connectivity index (χ0v) is 15.0. The lowest BCUT2D eigenvalue weighted by atomic mass is 10.1. The minimum absolute atomic E-state index is 0.00367. The summed E-state index contributed by atoms with van der Waals surface area (Å²) in [5.41, 5.74) is 1.37. The lowest BCUT2D eigenvalue weighted by Crippen LogP contribution is -2.35. The molecule has 2 aromatic rings. The van der Waals surface area contributed by atoms with Crippen molar-refractivity contribution in [2.75, 3.05) is 11.5 Å². The van der Waals surface area contributed by atoms with E-state index in [-0.39, 0.29) is 23.5 Å². The largest absolute Gasteiger partial charge is 0.489 e. The third-order valence-electron chi connectivity index (χ3n) is 3.96. The second-order valence-corrected chi connectivity index (χ2v) is 8.69. The lowest BCUT2D eigenvalue weighted by Gasteiger charge is -2.12. The van der Waals surface area contributed by atoms with E-state index < -0.39 is 9.84 Å². The van der Waals surface area contributed by atoms with Gasteiger partial charge in [-0.25, -0.2) is 8.42 Å². The molecule has 0 aliphatic carbocycles. The van der Waals surface area contributed by atoms with Crippen LogP contribution >= 0.6 is 11.6 Å². The number of nitrogens with one attached hydrogen (secondary N) is 1. The number of hydrogen-bond donors (Lipinski definition) is 1. The number of carbonyl (C=O) groups excluding carboxylic acids is 1. The van der Waals surface area contributed by atoms with E-state index in [0.29, 0.717) is 29.4 Å².